The van der Waals surface area contributed by atoms with E-state index < -0.39 is 0 Å². The monoisotopic (exact) mass is 418 g/mol. The number of ether oxygens (including phenoxy) is 3. The Balaban J connectivity index is 1.30. The first-order valence-electron chi connectivity index (χ1n) is 10.6. The summed E-state index contributed by atoms with van der Waals surface area (Å²) in [6.07, 6.45) is 3.94. The number of hydrogen-bond acceptors (Lipinski definition) is 7. The van der Waals surface area contributed by atoms with Crippen LogP contribution in [-0.2, 0) is 9.47 Å². The third-order valence-corrected chi connectivity index (χ3v) is 6.89. The number of methoxy groups -OCH3 is 1. The molecule has 0 spiro atoms. The molecule has 0 unspecified atom stereocenters. The maximum absolute atomic E-state index is 12.9. The largest absolute Gasteiger partial charge is 0.493 e. The van der Waals surface area contributed by atoms with E-state index in [9.17, 15) is 4.79 Å². The maximum atomic E-state index is 12.9. The van der Waals surface area contributed by atoms with Crippen molar-refractivity contribution in [3.05, 3.63) is 23.9 Å². The van der Waals surface area contributed by atoms with E-state index in [1.54, 1.807) is 7.11 Å². The van der Waals surface area contributed by atoms with Crippen LogP contribution >= 0.6 is 11.5 Å². The van der Waals surface area contributed by atoms with E-state index in [0.717, 1.165) is 28.8 Å². The second-order valence-electron chi connectivity index (χ2n) is 8.02. The van der Waals surface area contributed by atoms with Crippen LogP contribution in [0.4, 0.5) is 0 Å². The molecular formula is C22H30N2O4S. The number of fused-ring (bicyclic) bond motifs is 4. The van der Waals surface area contributed by atoms with Crippen molar-refractivity contribution in [1.29, 1.82) is 0 Å². The first-order valence-corrected chi connectivity index (χ1v) is 11.4. The molecule has 3 aliphatic rings. The second-order valence-corrected chi connectivity index (χ2v) is 8.83. The summed E-state index contributed by atoms with van der Waals surface area (Å²) >= 11 is 1.39. The molecule has 5 rings (SSSR count). The van der Waals surface area contributed by atoms with Crippen molar-refractivity contribution in [2.24, 2.45) is 11.8 Å². The van der Waals surface area contributed by atoms with Gasteiger partial charge in [0.2, 0.25) is 0 Å². The summed E-state index contributed by atoms with van der Waals surface area (Å²) in [7, 11) is 1.67. The highest BCUT2D eigenvalue weighted by Crippen LogP contribution is 2.36. The summed E-state index contributed by atoms with van der Waals surface area (Å²) in [4.78, 5) is 15.4. The fraction of sp³-hybridized carbons (Fsp3) is 0.636. The Hall–Kier alpha value is -1.54. The first-order chi connectivity index (χ1) is 14.2. The molecule has 3 saturated heterocycles. The number of carbonyl (C=O) groups is 1. The van der Waals surface area contributed by atoms with Gasteiger partial charge in [0.15, 0.2) is 5.78 Å². The van der Waals surface area contributed by atoms with Crippen LogP contribution in [0.25, 0.3) is 10.1 Å². The molecule has 158 valence electrons. The summed E-state index contributed by atoms with van der Waals surface area (Å²) in [5.74, 6) is 2.22. The molecular weight excluding hydrogens is 388 g/mol. The van der Waals surface area contributed by atoms with Crippen LogP contribution in [0.1, 0.15) is 36.2 Å². The highest BCUT2D eigenvalue weighted by molar-refractivity contribution is 7.13. The van der Waals surface area contributed by atoms with Gasteiger partial charge in [0.1, 0.15) is 11.4 Å². The lowest BCUT2D eigenvalue weighted by Crippen LogP contribution is -2.47. The van der Waals surface area contributed by atoms with Gasteiger partial charge in [0.05, 0.1) is 24.5 Å². The molecule has 1 atom stereocenters. The molecule has 4 heterocycles. The van der Waals surface area contributed by atoms with Gasteiger partial charge in [0, 0.05) is 38.5 Å². The van der Waals surface area contributed by atoms with Crippen molar-refractivity contribution in [3.63, 3.8) is 0 Å². The minimum Gasteiger partial charge on any atom is -0.493 e. The van der Waals surface area contributed by atoms with Gasteiger partial charge < -0.3 is 19.1 Å². The second kappa shape index (κ2) is 9.98. The van der Waals surface area contributed by atoms with Crippen LogP contribution in [0, 0.1) is 11.8 Å². The van der Waals surface area contributed by atoms with Gasteiger partial charge in [-0.3, -0.25) is 4.79 Å². The highest BCUT2D eigenvalue weighted by atomic mass is 32.1. The summed E-state index contributed by atoms with van der Waals surface area (Å²) in [6, 6.07) is 5.91. The van der Waals surface area contributed by atoms with Gasteiger partial charge in [-0.05, 0) is 67.5 Å². The molecule has 0 saturated carbocycles. The molecule has 0 aliphatic carbocycles. The SMILES string of the molecule is COCCOCCCOc1ccc2c(C(=O)C[C@@H]3CN4CCC3CC4)nsc2c1. The fourth-order valence-corrected chi connectivity index (χ4v) is 5.28. The highest BCUT2D eigenvalue weighted by Gasteiger charge is 2.35. The molecule has 3 fully saturated rings. The van der Waals surface area contributed by atoms with Crippen LogP contribution in [0.3, 0.4) is 0 Å². The molecule has 29 heavy (non-hydrogen) atoms. The number of hydrogen-bond donors (Lipinski definition) is 0. The topological polar surface area (TPSA) is 60.9 Å². The minimum absolute atomic E-state index is 0.192. The number of rotatable bonds is 11. The molecule has 2 bridgehead atoms. The first kappa shape index (κ1) is 20.7. The van der Waals surface area contributed by atoms with Crippen LogP contribution in [0.5, 0.6) is 5.75 Å². The number of Topliss-reactive ketones (excluding diaryl/α,β-unsaturated/α-hetero) is 1. The third-order valence-electron chi connectivity index (χ3n) is 6.08. The van der Waals surface area contributed by atoms with Gasteiger partial charge in [0.25, 0.3) is 0 Å². The van der Waals surface area contributed by atoms with Crippen LogP contribution in [0.15, 0.2) is 18.2 Å². The molecule has 0 amide bonds. The van der Waals surface area contributed by atoms with Gasteiger partial charge >= 0.3 is 0 Å². The predicted octanol–water partition coefficient (Wildman–Crippen LogP) is 3.64. The lowest BCUT2D eigenvalue weighted by Gasteiger charge is -2.44. The molecule has 2 aromatic rings. The van der Waals surface area contributed by atoms with E-state index in [4.69, 9.17) is 14.2 Å². The van der Waals surface area contributed by atoms with Gasteiger partial charge in [-0.2, -0.15) is 4.37 Å². The number of nitrogens with zero attached hydrogens (tertiary/aromatic N) is 2. The third kappa shape index (κ3) is 5.15. The Morgan fingerprint density at radius 2 is 2.07 bits per heavy atom. The fourth-order valence-electron chi connectivity index (χ4n) is 4.46. The number of carbonyl (C=O) groups excluding carboxylic acids is 1. The average molecular weight is 419 g/mol. The summed E-state index contributed by atoms with van der Waals surface area (Å²) < 4.78 is 21.7. The number of aromatic nitrogens is 1. The lowest BCUT2D eigenvalue weighted by atomic mass is 9.76. The molecule has 6 nitrogen and oxygen atoms in total. The lowest BCUT2D eigenvalue weighted by molar-refractivity contribution is 0.0440. The summed E-state index contributed by atoms with van der Waals surface area (Å²) in [5.41, 5.74) is 0.638. The Labute approximate surface area is 176 Å². The molecule has 7 heteroatoms. The Morgan fingerprint density at radius 1 is 1.21 bits per heavy atom. The zero-order valence-electron chi connectivity index (χ0n) is 17.1. The van der Waals surface area contributed by atoms with Gasteiger partial charge in [-0.15, -0.1) is 0 Å². The maximum Gasteiger partial charge on any atom is 0.183 e. The molecule has 3 aliphatic heterocycles. The summed E-state index contributed by atoms with van der Waals surface area (Å²) in [6.45, 7) is 5.97. The number of ketones is 1. The van der Waals surface area contributed by atoms with E-state index in [1.165, 1.54) is 37.5 Å². The zero-order valence-corrected chi connectivity index (χ0v) is 17.9. The Morgan fingerprint density at radius 3 is 2.83 bits per heavy atom. The normalized spacial score (nSPS) is 23.6. The van der Waals surface area contributed by atoms with E-state index >= 15 is 0 Å². The molecule has 0 N–H and O–H groups in total. The van der Waals surface area contributed by atoms with Crippen molar-refractivity contribution < 1.29 is 19.0 Å². The Kier molecular flexibility index (Phi) is 7.13. The van der Waals surface area contributed by atoms with Crippen molar-refractivity contribution in [2.75, 3.05) is 53.2 Å². The minimum atomic E-state index is 0.192. The van der Waals surface area contributed by atoms with Crippen LogP contribution < -0.4 is 4.74 Å². The van der Waals surface area contributed by atoms with Crippen molar-refractivity contribution in [1.82, 2.24) is 9.27 Å². The van der Waals surface area contributed by atoms with Gasteiger partial charge in [-0.1, -0.05) is 0 Å². The van der Waals surface area contributed by atoms with E-state index in [-0.39, 0.29) is 5.78 Å². The van der Waals surface area contributed by atoms with E-state index in [0.29, 0.717) is 50.4 Å². The molecule has 1 aromatic heterocycles. The summed E-state index contributed by atoms with van der Waals surface area (Å²) in [5, 5.41) is 0.955. The quantitative estimate of drug-likeness (QED) is 0.410. The standard InChI is InChI=1S/C22H30N2O4S/c1-26-11-12-27-9-2-10-28-18-3-4-19-21(14-18)29-23-22(19)20(25)13-17-15-24-7-5-16(17)6-8-24/h3-4,14,16-17H,2,5-13,15H2,1H3/t17-/m1/s1. The van der Waals surface area contributed by atoms with E-state index in [2.05, 4.69) is 9.27 Å². The number of piperidine rings is 3. The van der Waals surface area contributed by atoms with Crippen molar-refractivity contribution in [2.45, 2.75) is 25.7 Å². The zero-order chi connectivity index (χ0) is 20.1. The molecule has 1 aromatic carbocycles. The van der Waals surface area contributed by atoms with Crippen molar-refractivity contribution in [3.8, 4) is 5.75 Å². The number of benzene rings is 1. The molecule has 0 radical (unpaired) electrons. The smallest absolute Gasteiger partial charge is 0.183 e. The van der Waals surface area contributed by atoms with Crippen LogP contribution in [-0.4, -0.2) is 68.2 Å². The van der Waals surface area contributed by atoms with Crippen LogP contribution in [0.2, 0.25) is 0 Å². The average Bonchev–Trinajstić information content (AvgIpc) is 3.17. The van der Waals surface area contributed by atoms with Gasteiger partial charge in [-0.25, -0.2) is 0 Å². The Bertz CT molecular complexity index is 816. The van der Waals surface area contributed by atoms with Crippen molar-refractivity contribution >= 4 is 27.4 Å². The predicted molar refractivity (Wildman–Crippen MR) is 114 cm³/mol. The van der Waals surface area contributed by atoms with E-state index in [1.807, 2.05) is 18.2 Å².